The highest BCUT2D eigenvalue weighted by molar-refractivity contribution is 6.06. The lowest BCUT2D eigenvalue weighted by Gasteiger charge is -2.12. The number of aliphatic hydroxyl groups is 1. The van der Waals surface area contributed by atoms with Crippen LogP contribution in [-0.2, 0) is 4.79 Å². The Bertz CT molecular complexity index is 429. The van der Waals surface area contributed by atoms with Gasteiger partial charge in [0.05, 0.1) is 19.4 Å². The zero-order valence-corrected chi connectivity index (χ0v) is 9.82. The summed E-state index contributed by atoms with van der Waals surface area (Å²) in [6, 6.07) is 4.90. The molecule has 0 saturated heterocycles. The maximum atomic E-state index is 11.7. The maximum Gasteiger partial charge on any atom is 0.221 e. The molecular weight excluding hydrogens is 222 g/mol. The molecule has 0 bridgehead atoms. The van der Waals surface area contributed by atoms with E-state index in [-0.39, 0.29) is 24.7 Å². The fraction of sp³-hybridized carbons (Fsp3) is 0.333. The summed E-state index contributed by atoms with van der Waals surface area (Å²) in [4.78, 5) is 22.8. The number of carbonyl (C=O) groups excluding carboxylic acids is 2. The van der Waals surface area contributed by atoms with E-state index in [2.05, 4.69) is 5.32 Å². The molecule has 0 radical (unpaired) electrons. The molecule has 0 aliphatic rings. The Morgan fingerprint density at radius 3 is 2.65 bits per heavy atom. The van der Waals surface area contributed by atoms with Crippen molar-refractivity contribution in [1.82, 2.24) is 0 Å². The molecular formula is C12H15NO4. The molecule has 0 aliphatic heterocycles. The van der Waals surface area contributed by atoms with Crippen molar-refractivity contribution in [3.8, 4) is 5.75 Å². The predicted molar refractivity (Wildman–Crippen MR) is 63.3 cm³/mol. The molecule has 5 nitrogen and oxygen atoms in total. The van der Waals surface area contributed by atoms with Crippen molar-refractivity contribution in [3.05, 3.63) is 23.8 Å². The summed E-state index contributed by atoms with van der Waals surface area (Å²) in [6.07, 6.45) is 0.0136. The lowest BCUT2D eigenvalue weighted by Crippen LogP contribution is -2.13. The van der Waals surface area contributed by atoms with Gasteiger partial charge in [-0.05, 0) is 12.1 Å². The van der Waals surface area contributed by atoms with Crippen molar-refractivity contribution >= 4 is 17.4 Å². The van der Waals surface area contributed by atoms with Gasteiger partial charge in [0.2, 0.25) is 5.91 Å². The highest BCUT2D eigenvalue weighted by Crippen LogP contribution is 2.29. The van der Waals surface area contributed by atoms with Crippen LogP contribution in [0.2, 0.25) is 0 Å². The molecule has 0 spiro atoms. The Labute approximate surface area is 99.4 Å². The maximum absolute atomic E-state index is 11.7. The number of hydrogen-bond acceptors (Lipinski definition) is 4. The van der Waals surface area contributed by atoms with Gasteiger partial charge in [-0.25, -0.2) is 0 Å². The van der Waals surface area contributed by atoms with Gasteiger partial charge in [0.25, 0.3) is 0 Å². The van der Waals surface area contributed by atoms with Crippen LogP contribution >= 0.6 is 0 Å². The third kappa shape index (κ3) is 3.29. The zero-order valence-electron chi connectivity index (χ0n) is 9.82. The van der Waals surface area contributed by atoms with E-state index in [0.29, 0.717) is 17.0 Å². The molecule has 5 heteroatoms. The van der Waals surface area contributed by atoms with E-state index < -0.39 is 0 Å². The lowest BCUT2D eigenvalue weighted by atomic mass is 10.1. The second-order valence-electron chi connectivity index (χ2n) is 3.46. The van der Waals surface area contributed by atoms with E-state index in [1.54, 1.807) is 18.2 Å². The van der Waals surface area contributed by atoms with Crippen molar-refractivity contribution < 1.29 is 19.4 Å². The average molecular weight is 237 g/mol. The van der Waals surface area contributed by atoms with E-state index in [9.17, 15) is 9.59 Å². The monoisotopic (exact) mass is 237 g/mol. The number of para-hydroxylation sites is 1. The number of anilines is 1. The first-order chi connectivity index (χ1) is 8.10. The van der Waals surface area contributed by atoms with Crippen molar-refractivity contribution in [2.24, 2.45) is 0 Å². The Hall–Kier alpha value is -1.88. The second kappa shape index (κ2) is 6.00. The average Bonchev–Trinajstić information content (AvgIpc) is 2.28. The number of aliphatic hydroxyl groups excluding tert-OH is 1. The minimum atomic E-state index is -0.285. The van der Waals surface area contributed by atoms with E-state index in [1.165, 1.54) is 14.0 Å². The molecule has 0 atom stereocenters. The quantitative estimate of drug-likeness (QED) is 0.755. The third-order valence-electron chi connectivity index (χ3n) is 2.19. The van der Waals surface area contributed by atoms with Crippen LogP contribution in [0.3, 0.4) is 0 Å². The molecule has 0 aliphatic carbocycles. The number of nitrogens with one attached hydrogen (secondary N) is 1. The van der Waals surface area contributed by atoms with Crippen LogP contribution in [0.1, 0.15) is 23.7 Å². The summed E-state index contributed by atoms with van der Waals surface area (Å²) >= 11 is 0. The van der Waals surface area contributed by atoms with Gasteiger partial charge >= 0.3 is 0 Å². The molecule has 0 heterocycles. The number of amides is 1. The first kappa shape index (κ1) is 13.2. The summed E-state index contributed by atoms with van der Waals surface area (Å²) in [5.74, 6) is -0.105. The molecule has 0 fully saturated rings. The number of ether oxygens (including phenoxy) is 1. The molecule has 0 saturated carbocycles. The summed E-state index contributed by atoms with van der Waals surface area (Å²) in [5.41, 5.74) is 0.689. The first-order valence-electron chi connectivity index (χ1n) is 5.18. The van der Waals surface area contributed by atoms with E-state index in [1.807, 2.05) is 0 Å². The summed E-state index contributed by atoms with van der Waals surface area (Å²) in [5, 5.41) is 11.3. The Balaban J connectivity index is 3.18. The molecule has 92 valence electrons. The number of methoxy groups -OCH3 is 1. The smallest absolute Gasteiger partial charge is 0.221 e. The van der Waals surface area contributed by atoms with Gasteiger partial charge in [-0.3, -0.25) is 9.59 Å². The zero-order chi connectivity index (χ0) is 12.8. The first-order valence-corrected chi connectivity index (χ1v) is 5.18. The second-order valence-corrected chi connectivity index (χ2v) is 3.46. The molecule has 1 aromatic carbocycles. The minimum absolute atomic E-state index is 0.0136. The molecule has 1 rings (SSSR count). The van der Waals surface area contributed by atoms with Crippen molar-refractivity contribution in [1.29, 1.82) is 0 Å². The number of benzene rings is 1. The fourth-order valence-electron chi connectivity index (χ4n) is 1.47. The van der Waals surface area contributed by atoms with Crippen LogP contribution in [0, 0.1) is 0 Å². The van der Waals surface area contributed by atoms with Gasteiger partial charge in [-0.2, -0.15) is 0 Å². The summed E-state index contributed by atoms with van der Waals surface area (Å²) < 4.78 is 5.09. The fourth-order valence-corrected chi connectivity index (χ4v) is 1.47. The number of carbonyl (C=O) groups is 2. The Morgan fingerprint density at radius 2 is 2.12 bits per heavy atom. The number of ketones is 1. The minimum Gasteiger partial charge on any atom is -0.495 e. The highest BCUT2D eigenvalue weighted by Gasteiger charge is 2.15. The number of rotatable bonds is 5. The van der Waals surface area contributed by atoms with E-state index >= 15 is 0 Å². The normalized spacial score (nSPS) is 9.82. The van der Waals surface area contributed by atoms with Crippen molar-refractivity contribution in [3.63, 3.8) is 0 Å². The molecule has 0 unspecified atom stereocenters. The third-order valence-corrected chi connectivity index (χ3v) is 2.19. The van der Waals surface area contributed by atoms with Gasteiger partial charge in [0.1, 0.15) is 5.75 Å². The van der Waals surface area contributed by atoms with Crippen LogP contribution in [-0.4, -0.2) is 30.5 Å². The van der Waals surface area contributed by atoms with Crippen LogP contribution in [0.5, 0.6) is 5.75 Å². The molecule has 1 amide bonds. The van der Waals surface area contributed by atoms with Gasteiger partial charge < -0.3 is 15.2 Å². The predicted octanol–water partition coefficient (Wildman–Crippen LogP) is 1.22. The van der Waals surface area contributed by atoms with Crippen LogP contribution < -0.4 is 10.1 Å². The lowest BCUT2D eigenvalue weighted by molar-refractivity contribution is -0.114. The number of hydrogen-bond donors (Lipinski definition) is 2. The molecule has 1 aromatic rings. The van der Waals surface area contributed by atoms with Crippen LogP contribution in [0.25, 0.3) is 0 Å². The van der Waals surface area contributed by atoms with Crippen molar-refractivity contribution in [2.75, 3.05) is 19.0 Å². The summed E-state index contributed by atoms with van der Waals surface area (Å²) in [6.45, 7) is 1.13. The molecule has 17 heavy (non-hydrogen) atoms. The number of Topliss-reactive ketones (excluding diaryl/α,β-unsaturated/α-hetero) is 1. The molecule has 2 N–H and O–H groups in total. The Morgan fingerprint density at radius 1 is 1.41 bits per heavy atom. The van der Waals surface area contributed by atoms with Gasteiger partial charge in [-0.1, -0.05) is 6.07 Å². The van der Waals surface area contributed by atoms with E-state index in [4.69, 9.17) is 9.84 Å². The standard InChI is InChI=1S/C12H15NO4/c1-8(15)13-12-9(10(16)6-7-14)4-3-5-11(12)17-2/h3-5,14H,6-7H2,1-2H3,(H,13,15). The topological polar surface area (TPSA) is 75.6 Å². The van der Waals surface area contributed by atoms with Gasteiger partial charge in [-0.15, -0.1) is 0 Å². The SMILES string of the molecule is COc1cccc(C(=O)CCO)c1NC(C)=O. The van der Waals surface area contributed by atoms with Gasteiger partial charge in [0, 0.05) is 18.9 Å². The van der Waals surface area contributed by atoms with Crippen LogP contribution in [0.4, 0.5) is 5.69 Å². The van der Waals surface area contributed by atoms with Gasteiger partial charge in [0.15, 0.2) is 5.78 Å². The van der Waals surface area contributed by atoms with Crippen LogP contribution in [0.15, 0.2) is 18.2 Å². The Kier molecular flexibility index (Phi) is 4.66. The highest BCUT2D eigenvalue weighted by atomic mass is 16.5. The van der Waals surface area contributed by atoms with E-state index in [0.717, 1.165) is 0 Å². The van der Waals surface area contributed by atoms with Crippen molar-refractivity contribution in [2.45, 2.75) is 13.3 Å². The summed E-state index contributed by atoms with van der Waals surface area (Å²) in [7, 11) is 1.46. The largest absolute Gasteiger partial charge is 0.495 e. The molecule has 0 aromatic heterocycles.